The Morgan fingerprint density at radius 1 is 1.07 bits per heavy atom. The lowest BCUT2D eigenvalue weighted by Crippen LogP contribution is -2.31. The van der Waals surface area contributed by atoms with Crippen molar-refractivity contribution >= 4 is 46.6 Å². The quantitative estimate of drug-likeness (QED) is 0.632. The number of nitrogens with two attached hydrogens (primary N) is 1. The van der Waals surface area contributed by atoms with Crippen molar-refractivity contribution in [3.8, 4) is 5.75 Å². The molecule has 0 aliphatic heterocycles. The molecule has 0 unspecified atom stereocenters. The van der Waals surface area contributed by atoms with Crippen LogP contribution in [0.4, 0.5) is 0 Å². The summed E-state index contributed by atoms with van der Waals surface area (Å²) < 4.78 is 4.99. The SMILES string of the molecule is NC(=O)COc1ccc(Cl)c(Cl)c1.O=C(NCc1ccc(Cl)cn1)C1CCCCC1. The number of carbonyl (C=O) groups excluding carboxylic acids is 2. The van der Waals surface area contributed by atoms with E-state index in [0.29, 0.717) is 27.4 Å². The molecule has 3 N–H and O–H groups in total. The molecule has 0 bridgehead atoms. The van der Waals surface area contributed by atoms with Crippen LogP contribution >= 0.6 is 34.8 Å². The highest BCUT2D eigenvalue weighted by atomic mass is 35.5. The first kappa shape index (κ1) is 24.3. The number of benzene rings is 1. The Balaban J connectivity index is 0.000000222. The fourth-order valence-electron chi connectivity index (χ4n) is 2.92. The average molecular weight is 473 g/mol. The monoisotopic (exact) mass is 471 g/mol. The van der Waals surface area contributed by atoms with Crippen molar-refractivity contribution in [2.75, 3.05) is 6.61 Å². The normalized spacial score (nSPS) is 13.7. The van der Waals surface area contributed by atoms with Crippen LogP contribution in [0.3, 0.4) is 0 Å². The number of hydrogen-bond acceptors (Lipinski definition) is 4. The molecule has 0 saturated heterocycles. The number of nitrogens with one attached hydrogen (secondary N) is 1. The molecule has 30 heavy (non-hydrogen) atoms. The van der Waals surface area contributed by atoms with Crippen LogP contribution in [0.2, 0.25) is 15.1 Å². The van der Waals surface area contributed by atoms with Gasteiger partial charge < -0.3 is 15.8 Å². The molecular weight excluding hydrogens is 449 g/mol. The van der Waals surface area contributed by atoms with Crippen LogP contribution in [-0.4, -0.2) is 23.4 Å². The predicted molar refractivity (Wildman–Crippen MR) is 119 cm³/mol. The lowest BCUT2D eigenvalue weighted by atomic mass is 9.89. The highest BCUT2D eigenvalue weighted by molar-refractivity contribution is 6.42. The van der Waals surface area contributed by atoms with Crippen LogP contribution in [0.15, 0.2) is 36.5 Å². The lowest BCUT2D eigenvalue weighted by Gasteiger charge is -2.20. The van der Waals surface area contributed by atoms with Crippen molar-refractivity contribution in [3.05, 3.63) is 57.3 Å². The van der Waals surface area contributed by atoms with E-state index in [0.717, 1.165) is 18.5 Å². The number of aromatic nitrogens is 1. The third-order valence-electron chi connectivity index (χ3n) is 4.48. The molecule has 1 fully saturated rings. The number of amides is 2. The lowest BCUT2D eigenvalue weighted by molar-refractivity contribution is -0.126. The first-order valence-electron chi connectivity index (χ1n) is 9.59. The van der Waals surface area contributed by atoms with Crippen molar-refractivity contribution in [2.24, 2.45) is 11.7 Å². The molecular formula is C21H24Cl3N3O3. The van der Waals surface area contributed by atoms with E-state index < -0.39 is 5.91 Å². The van der Waals surface area contributed by atoms with Crippen molar-refractivity contribution in [1.29, 1.82) is 0 Å². The van der Waals surface area contributed by atoms with Gasteiger partial charge in [0.05, 0.1) is 27.3 Å². The average Bonchev–Trinajstić information content (AvgIpc) is 2.75. The molecule has 1 saturated carbocycles. The van der Waals surface area contributed by atoms with Crippen molar-refractivity contribution in [2.45, 2.75) is 38.6 Å². The Morgan fingerprint density at radius 3 is 2.40 bits per heavy atom. The number of rotatable bonds is 6. The first-order chi connectivity index (χ1) is 14.3. The van der Waals surface area contributed by atoms with Crippen LogP contribution < -0.4 is 15.8 Å². The molecule has 0 spiro atoms. The molecule has 2 amide bonds. The van der Waals surface area contributed by atoms with E-state index in [-0.39, 0.29) is 18.4 Å². The van der Waals surface area contributed by atoms with Gasteiger partial charge in [-0.1, -0.05) is 54.1 Å². The highest BCUT2D eigenvalue weighted by Gasteiger charge is 2.20. The highest BCUT2D eigenvalue weighted by Crippen LogP contribution is 2.26. The van der Waals surface area contributed by atoms with Gasteiger partial charge in [0.2, 0.25) is 5.91 Å². The van der Waals surface area contributed by atoms with Gasteiger partial charge in [-0.3, -0.25) is 14.6 Å². The van der Waals surface area contributed by atoms with Crippen molar-refractivity contribution < 1.29 is 14.3 Å². The van der Waals surface area contributed by atoms with Gasteiger partial charge in [-0.2, -0.15) is 0 Å². The Kier molecular flexibility index (Phi) is 10.2. The van der Waals surface area contributed by atoms with Gasteiger partial charge in [-0.05, 0) is 37.1 Å². The smallest absolute Gasteiger partial charge is 0.255 e. The third-order valence-corrected chi connectivity index (χ3v) is 5.44. The summed E-state index contributed by atoms with van der Waals surface area (Å²) in [7, 11) is 0. The Labute approximate surface area is 191 Å². The van der Waals surface area contributed by atoms with Gasteiger partial charge in [0.15, 0.2) is 6.61 Å². The topological polar surface area (TPSA) is 94.3 Å². The van der Waals surface area contributed by atoms with Gasteiger partial charge in [0.25, 0.3) is 5.91 Å². The minimum Gasteiger partial charge on any atom is -0.484 e. The second-order valence-electron chi connectivity index (χ2n) is 6.85. The van der Waals surface area contributed by atoms with E-state index in [2.05, 4.69) is 10.3 Å². The Bertz CT molecular complexity index is 841. The molecule has 0 atom stereocenters. The number of nitrogens with zero attached hydrogens (tertiary/aromatic N) is 1. The summed E-state index contributed by atoms with van der Waals surface area (Å²) in [5.74, 6) is 0.303. The summed E-state index contributed by atoms with van der Waals surface area (Å²) in [5, 5.41) is 4.38. The van der Waals surface area contributed by atoms with Gasteiger partial charge in [-0.15, -0.1) is 0 Å². The zero-order valence-electron chi connectivity index (χ0n) is 16.4. The van der Waals surface area contributed by atoms with Crippen molar-refractivity contribution in [3.63, 3.8) is 0 Å². The maximum atomic E-state index is 11.9. The van der Waals surface area contributed by atoms with E-state index in [1.807, 2.05) is 6.07 Å². The van der Waals surface area contributed by atoms with E-state index >= 15 is 0 Å². The van der Waals surface area contributed by atoms with Gasteiger partial charge in [-0.25, -0.2) is 0 Å². The predicted octanol–water partition coefficient (Wildman–Crippen LogP) is 4.79. The maximum absolute atomic E-state index is 11.9. The van der Waals surface area contributed by atoms with Crippen molar-refractivity contribution in [1.82, 2.24) is 10.3 Å². The Morgan fingerprint density at radius 2 is 1.80 bits per heavy atom. The molecule has 1 heterocycles. The summed E-state index contributed by atoms with van der Waals surface area (Å²) in [4.78, 5) is 26.4. The number of halogens is 3. The zero-order chi connectivity index (χ0) is 21.9. The molecule has 1 aliphatic rings. The summed E-state index contributed by atoms with van der Waals surface area (Å²) in [6.45, 7) is 0.324. The number of pyridine rings is 1. The largest absolute Gasteiger partial charge is 0.484 e. The van der Waals surface area contributed by atoms with Gasteiger partial charge in [0, 0.05) is 18.2 Å². The second kappa shape index (κ2) is 12.6. The maximum Gasteiger partial charge on any atom is 0.255 e. The number of ether oxygens (including phenoxy) is 1. The summed E-state index contributed by atoms with van der Waals surface area (Å²) in [5.41, 5.74) is 5.73. The Hall–Kier alpha value is -2.02. The molecule has 1 aromatic heterocycles. The number of primary amides is 1. The molecule has 162 valence electrons. The summed E-state index contributed by atoms with van der Waals surface area (Å²) in [6.07, 6.45) is 7.28. The van der Waals surface area contributed by atoms with Crippen LogP contribution in [0.25, 0.3) is 0 Å². The molecule has 2 aromatic rings. The standard InChI is InChI=1S/C13H17ClN2O.C8H7Cl2NO2/c14-11-6-7-12(15-8-11)9-16-13(17)10-4-2-1-3-5-10;9-6-2-1-5(3-7(6)10)13-4-8(11)12/h6-8,10H,1-5,9H2,(H,16,17);1-3H,4H2,(H2,11,12). The van der Waals surface area contributed by atoms with Crippen LogP contribution in [0.1, 0.15) is 37.8 Å². The molecule has 6 nitrogen and oxygen atoms in total. The molecule has 3 rings (SSSR count). The molecule has 1 aliphatic carbocycles. The molecule has 0 radical (unpaired) electrons. The van der Waals surface area contributed by atoms with Crippen LogP contribution in [0, 0.1) is 5.92 Å². The number of carbonyl (C=O) groups is 2. The van der Waals surface area contributed by atoms with Gasteiger partial charge >= 0.3 is 0 Å². The summed E-state index contributed by atoms with van der Waals surface area (Å²) in [6, 6.07) is 8.34. The minimum atomic E-state index is -0.536. The summed E-state index contributed by atoms with van der Waals surface area (Å²) >= 11 is 17.1. The van der Waals surface area contributed by atoms with E-state index in [1.54, 1.807) is 24.4 Å². The minimum absolute atomic E-state index is 0.168. The first-order valence-corrected chi connectivity index (χ1v) is 10.7. The fourth-order valence-corrected chi connectivity index (χ4v) is 3.32. The second-order valence-corrected chi connectivity index (χ2v) is 8.10. The number of hydrogen-bond donors (Lipinski definition) is 2. The van der Waals surface area contributed by atoms with E-state index in [4.69, 9.17) is 45.3 Å². The molecule has 9 heteroatoms. The third kappa shape index (κ3) is 8.78. The molecule has 1 aromatic carbocycles. The zero-order valence-corrected chi connectivity index (χ0v) is 18.6. The van der Waals surface area contributed by atoms with Gasteiger partial charge in [0.1, 0.15) is 5.75 Å². The van der Waals surface area contributed by atoms with Crippen LogP contribution in [-0.2, 0) is 16.1 Å². The van der Waals surface area contributed by atoms with E-state index in [9.17, 15) is 9.59 Å². The van der Waals surface area contributed by atoms with E-state index in [1.165, 1.54) is 25.3 Å². The van der Waals surface area contributed by atoms with Crippen LogP contribution in [0.5, 0.6) is 5.75 Å². The fraction of sp³-hybridized carbons (Fsp3) is 0.381.